The third-order valence-corrected chi connectivity index (χ3v) is 3.46. The molecule has 20 heavy (non-hydrogen) atoms. The fourth-order valence-corrected chi connectivity index (χ4v) is 2.60. The average molecular weight is 288 g/mol. The molecule has 1 fully saturated rings. The minimum absolute atomic E-state index is 0.0732. The Balaban J connectivity index is 2.48. The predicted molar refractivity (Wildman–Crippen MR) is 65.4 cm³/mol. The van der Waals surface area contributed by atoms with Gasteiger partial charge in [-0.1, -0.05) is 0 Å². The van der Waals surface area contributed by atoms with E-state index >= 15 is 0 Å². The van der Waals surface area contributed by atoms with Gasteiger partial charge in [0, 0.05) is 18.4 Å². The molecule has 2 rings (SSSR count). The van der Waals surface area contributed by atoms with Crippen LogP contribution in [0.25, 0.3) is 0 Å². The Hall–Kier alpha value is -1.72. The summed E-state index contributed by atoms with van der Waals surface area (Å²) in [6.45, 7) is 1.66. The van der Waals surface area contributed by atoms with Crippen molar-refractivity contribution in [3.63, 3.8) is 0 Å². The van der Waals surface area contributed by atoms with Crippen molar-refractivity contribution >= 4 is 5.97 Å². The fourth-order valence-electron chi connectivity index (χ4n) is 2.60. The van der Waals surface area contributed by atoms with E-state index in [0.717, 1.165) is 12.1 Å². The van der Waals surface area contributed by atoms with Crippen molar-refractivity contribution in [2.24, 2.45) is 0 Å². The molecule has 0 spiro atoms. The first-order valence-electron chi connectivity index (χ1n) is 6.24. The standard InChI is InChI=1S/C14H15F3O3/c1-3-20-12(18)13(7-14(16,17)8-13)10-6-9(15)4-5-11(10)19-2/h4-6H,3,7-8H2,1-2H3. The molecule has 0 aromatic heterocycles. The molecule has 0 radical (unpaired) electrons. The van der Waals surface area contributed by atoms with Crippen LogP contribution in [0.1, 0.15) is 25.3 Å². The summed E-state index contributed by atoms with van der Waals surface area (Å²) in [6, 6.07) is 3.53. The number of hydrogen-bond donors (Lipinski definition) is 0. The van der Waals surface area contributed by atoms with E-state index in [1.54, 1.807) is 6.92 Å². The highest BCUT2D eigenvalue weighted by molar-refractivity contribution is 5.86. The van der Waals surface area contributed by atoms with Crippen LogP contribution in [-0.2, 0) is 14.9 Å². The van der Waals surface area contributed by atoms with Gasteiger partial charge in [0.05, 0.1) is 13.7 Å². The molecular weight excluding hydrogens is 273 g/mol. The first-order valence-corrected chi connectivity index (χ1v) is 6.24. The molecule has 1 aromatic rings. The molecule has 0 bridgehead atoms. The fraction of sp³-hybridized carbons (Fsp3) is 0.500. The van der Waals surface area contributed by atoms with Crippen LogP contribution in [0.15, 0.2) is 18.2 Å². The zero-order valence-electron chi connectivity index (χ0n) is 11.2. The maximum atomic E-state index is 13.4. The molecule has 0 N–H and O–H groups in total. The largest absolute Gasteiger partial charge is 0.496 e. The van der Waals surface area contributed by atoms with Crippen molar-refractivity contribution in [3.05, 3.63) is 29.6 Å². The molecule has 0 atom stereocenters. The van der Waals surface area contributed by atoms with Crippen molar-refractivity contribution in [2.45, 2.75) is 31.1 Å². The van der Waals surface area contributed by atoms with Gasteiger partial charge in [0.1, 0.15) is 17.0 Å². The molecule has 3 nitrogen and oxygen atoms in total. The smallest absolute Gasteiger partial charge is 0.317 e. The maximum absolute atomic E-state index is 13.4. The number of methoxy groups -OCH3 is 1. The van der Waals surface area contributed by atoms with Gasteiger partial charge in [-0.05, 0) is 25.1 Å². The van der Waals surface area contributed by atoms with Crippen LogP contribution in [0, 0.1) is 5.82 Å². The minimum atomic E-state index is -2.95. The lowest BCUT2D eigenvalue weighted by Crippen LogP contribution is -2.55. The first kappa shape index (κ1) is 14.7. The summed E-state index contributed by atoms with van der Waals surface area (Å²) in [5.74, 6) is -4.13. The number of benzene rings is 1. The SMILES string of the molecule is CCOC(=O)C1(c2cc(F)ccc2OC)CC(F)(F)C1. The van der Waals surface area contributed by atoms with Crippen molar-refractivity contribution < 1.29 is 27.4 Å². The van der Waals surface area contributed by atoms with E-state index in [-0.39, 0.29) is 17.9 Å². The number of halogens is 3. The van der Waals surface area contributed by atoms with Crippen LogP contribution >= 0.6 is 0 Å². The number of carbonyl (C=O) groups is 1. The highest BCUT2D eigenvalue weighted by Crippen LogP contribution is 2.56. The van der Waals surface area contributed by atoms with Gasteiger partial charge < -0.3 is 9.47 Å². The lowest BCUT2D eigenvalue weighted by atomic mass is 9.61. The van der Waals surface area contributed by atoms with Crippen molar-refractivity contribution in [3.8, 4) is 5.75 Å². The summed E-state index contributed by atoms with van der Waals surface area (Å²) < 4.78 is 50.0. The Morgan fingerprint density at radius 3 is 2.50 bits per heavy atom. The zero-order valence-corrected chi connectivity index (χ0v) is 11.2. The number of carbonyl (C=O) groups excluding carboxylic acids is 1. The molecule has 0 amide bonds. The van der Waals surface area contributed by atoms with Gasteiger partial charge in [-0.15, -0.1) is 0 Å². The summed E-state index contributed by atoms with van der Waals surface area (Å²) in [4.78, 5) is 12.1. The Bertz CT molecular complexity index is 520. The Morgan fingerprint density at radius 1 is 1.35 bits per heavy atom. The van der Waals surface area contributed by atoms with Crippen molar-refractivity contribution in [2.75, 3.05) is 13.7 Å². The normalized spacial score (nSPS) is 19.1. The Kier molecular flexibility index (Phi) is 3.67. The zero-order chi connectivity index (χ0) is 15.0. The molecule has 6 heteroatoms. The number of alkyl halides is 2. The number of ether oxygens (including phenoxy) is 2. The van der Waals surface area contributed by atoms with Crippen molar-refractivity contribution in [1.82, 2.24) is 0 Å². The van der Waals surface area contributed by atoms with E-state index in [1.165, 1.54) is 13.2 Å². The van der Waals surface area contributed by atoms with Crippen LogP contribution in [0.3, 0.4) is 0 Å². The minimum Gasteiger partial charge on any atom is -0.496 e. The third kappa shape index (κ3) is 2.34. The average Bonchev–Trinajstić information content (AvgIpc) is 2.35. The van der Waals surface area contributed by atoms with Gasteiger partial charge >= 0.3 is 5.97 Å². The molecule has 110 valence electrons. The molecule has 0 unspecified atom stereocenters. The van der Waals surface area contributed by atoms with Crippen LogP contribution in [0.2, 0.25) is 0 Å². The molecular formula is C14H15F3O3. The summed E-state index contributed by atoms with van der Waals surface area (Å²) in [5.41, 5.74) is -1.42. The topological polar surface area (TPSA) is 35.5 Å². The molecule has 0 aliphatic heterocycles. The van der Waals surface area contributed by atoms with Gasteiger partial charge in [-0.3, -0.25) is 4.79 Å². The second-order valence-corrected chi connectivity index (χ2v) is 4.86. The molecule has 0 heterocycles. The molecule has 1 aromatic carbocycles. The van der Waals surface area contributed by atoms with Crippen LogP contribution in [0.4, 0.5) is 13.2 Å². The molecule has 1 aliphatic rings. The molecule has 1 aliphatic carbocycles. The monoisotopic (exact) mass is 288 g/mol. The van der Waals surface area contributed by atoms with E-state index in [9.17, 15) is 18.0 Å². The first-order chi connectivity index (χ1) is 9.34. The van der Waals surface area contributed by atoms with Gasteiger partial charge in [0.25, 0.3) is 5.92 Å². The summed E-state index contributed by atoms with van der Waals surface area (Å²) in [7, 11) is 1.34. The van der Waals surface area contributed by atoms with Crippen LogP contribution in [0.5, 0.6) is 5.75 Å². The van der Waals surface area contributed by atoms with Gasteiger partial charge in [-0.25, -0.2) is 13.2 Å². The third-order valence-electron chi connectivity index (χ3n) is 3.46. The predicted octanol–water partition coefficient (Wildman–Crippen LogP) is 3.06. The Labute approximate surface area is 114 Å². The summed E-state index contributed by atoms with van der Waals surface area (Å²) in [6.07, 6.45) is -1.39. The lowest BCUT2D eigenvalue weighted by molar-refractivity contribution is -0.179. The maximum Gasteiger partial charge on any atom is 0.317 e. The van der Waals surface area contributed by atoms with Crippen molar-refractivity contribution in [1.29, 1.82) is 0 Å². The lowest BCUT2D eigenvalue weighted by Gasteiger charge is -2.45. The highest BCUT2D eigenvalue weighted by Gasteiger charge is 2.63. The van der Waals surface area contributed by atoms with E-state index in [0.29, 0.717) is 0 Å². The van der Waals surface area contributed by atoms with E-state index in [4.69, 9.17) is 9.47 Å². The van der Waals surface area contributed by atoms with Gasteiger partial charge in [-0.2, -0.15) is 0 Å². The quantitative estimate of drug-likeness (QED) is 0.799. The number of hydrogen-bond acceptors (Lipinski definition) is 3. The highest BCUT2D eigenvalue weighted by atomic mass is 19.3. The van der Waals surface area contributed by atoms with E-state index < -0.39 is 36.0 Å². The summed E-state index contributed by atoms with van der Waals surface area (Å²) >= 11 is 0. The Morgan fingerprint density at radius 2 is 2.00 bits per heavy atom. The van der Waals surface area contributed by atoms with Gasteiger partial charge in [0.2, 0.25) is 0 Å². The van der Waals surface area contributed by atoms with Crippen LogP contribution < -0.4 is 4.74 Å². The van der Waals surface area contributed by atoms with E-state index in [2.05, 4.69) is 0 Å². The number of esters is 1. The molecule has 0 saturated heterocycles. The number of rotatable bonds is 4. The second kappa shape index (κ2) is 5.00. The van der Waals surface area contributed by atoms with Crippen LogP contribution in [-0.4, -0.2) is 25.6 Å². The second-order valence-electron chi connectivity index (χ2n) is 4.86. The van der Waals surface area contributed by atoms with E-state index in [1.807, 2.05) is 0 Å². The van der Waals surface area contributed by atoms with Gasteiger partial charge in [0.15, 0.2) is 0 Å². The molecule has 1 saturated carbocycles. The summed E-state index contributed by atoms with van der Waals surface area (Å²) in [5, 5.41) is 0.